The van der Waals surface area contributed by atoms with E-state index in [0.717, 1.165) is 45.1 Å². The van der Waals surface area contributed by atoms with Gasteiger partial charge in [0.25, 0.3) is 0 Å². The van der Waals surface area contributed by atoms with Gasteiger partial charge >= 0.3 is 5.97 Å². The Labute approximate surface area is 133 Å². The van der Waals surface area contributed by atoms with Crippen molar-refractivity contribution in [1.29, 1.82) is 0 Å². The van der Waals surface area contributed by atoms with Crippen molar-refractivity contribution in [3.63, 3.8) is 0 Å². The summed E-state index contributed by atoms with van der Waals surface area (Å²) in [4.78, 5) is 22.9. The second-order valence-electron chi connectivity index (χ2n) is 6.77. The van der Waals surface area contributed by atoms with Gasteiger partial charge in [-0.1, -0.05) is 12.8 Å². The lowest BCUT2D eigenvalue weighted by Gasteiger charge is -2.28. The quantitative estimate of drug-likeness (QED) is 0.506. The molecule has 2 fully saturated rings. The van der Waals surface area contributed by atoms with Crippen molar-refractivity contribution >= 4 is 11.9 Å². The topological polar surface area (TPSA) is 67.4 Å². The lowest BCUT2D eigenvalue weighted by molar-refractivity contribution is -0.140. The number of nitrogens with one attached hydrogen (secondary N) is 2. The third-order valence-corrected chi connectivity index (χ3v) is 4.90. The smallest absolute Gasteiger partial charge is 0.305 e. The molecular formula is C17H30N2O3. The molecule has 22 heavy (non-hydrogen) atoms. The Hall–Kier alpha value is -1.10. The molecule has 0 radical (unpaired) electrons. The largest absolute Gasteiger partial charge is 0.469 e. The summed E-state index contributed by atoms with van der Waals surface area (Å²) in [5.41, 5.74) is 0. The third-order valence-electron chi connectivity index (χ3n) is 4.90. The first kappa shape index (κ1) is 17.3. The fraction of sp³-hybridized carbons (Fsp3) is 0.882. The fourth-order valence-electron chi connectivity index (χ4n) is 3.75. The van der Waals surface area contributed by atoms with E-state index in [2.05, 4.69) is 15.4 Å². The highest BCUT2D eigenvalue weighted by Gasteiger charge is 2.33. The number of unbranched alkanes of at least 4 members (excludes halogenated alkanes) is 3. The zero-order chi connectivity index (χ0) is 15.8. The fourth-order valence-corrected chi connectivity index (χ4v) is 3.75. The van der Waals surface area contributed by atoms with E-state index in [1.807, 2.05) is 0 Å². The summed E-state index contributed by atoms with van der Waals surface area (Å²) in [6, 6.07) is 1.32. The van der Waals surface area contributed by atoms with Crippen molar-refractivity contribution < 1.29 is 14.3 Å². The van der Waals surface area contributed by atoms with Crippen LogP contribution in [-0.2, 0) is 14.3 Å². The minimum absolute atomic E-state index is 0.135. The Morgan fingerprint density at radius 1 is 1.09 bits per heavy atom. The molecule has 0 saturated carbocycles. The molecular weight excluding hydrogens is 280 g/mol. The number of esters is 1. The van der Waals surface area contributed by atoms with Crippen LogP contribution in [0.5, 0.6) is 0 Å². The molecule has 2 heterocycles. The molecule has 0 spiro atoms. The van der Waals surface area contributed by atoms with Gasteiger partial charge in [0.05, 0.1) is 7.11 Å². The molecule has 0 aromatic heterocycles. The first-order valence-electron chi connectivity index (χ1n) is 8.77. The first-order chi connectivity index (χ1) is 10.7. The number of methoxy groups -OCH3 is 1. The average molecular weight is 310 g/mol. The Bertz CT molecular complexity index is 361. The number of ether oxygens (including phenoxy) is 1. The Kier molecular flexibility index (Phi) is 7.16. The van der Waals surface area contributed by atoms with Gasteiger partial charge in [0, 0.05) is 31.5 Å². The molecule has 5 nitrogen and oxygen atoms in total. The van der Waals surface area contributed by atoms with Crippen LogP contribution in [0, 0.1) is 5.92 Å². The number of hydrogen-bond acceptors (Lipinski definition) is 4. The molecule has 0 aromatic rings. The number of carbonyl (C=O) groups excluding carboxylic acids is 2. The van der Waals surface area contributed by atoms with Gasteiger partial charge in [-0.2, -0.15) is 0 Å². The first-order valence-corrected chi connectivity index (χ1v) is 8.77. The maximum absolute atomic E-state index is 12.0. The summed E-state index contributed by atoms with van der Waals surface area (Å²) in [5.74, 6) is 0.643. The van der Waals surface area contributed by atoms with Gasteiger partial charge in [-0.3, -0.25) is 9.59 Å². The average Bonchev–Trinajstić information content (AvgIpc) is 2.84. The summed E-state index contributed by atoms with van der Waals surface area (Å²) in [5, 5.41) is 6.65. The number of piperidine rings is 1. The molecule has 2 atom stereocenters. The van der Waals surface area contributed by atoms with Crippen molar-refractivity contribution in [2.75, 3.05) is 13.7 Å². The molecule has 2 aliphatic heterocycles. The van der Waals surface area contributed by atoms with Crippen LogP contribution in [0.4, 0.5) is 0 Å². The second kappa shape index (κ2) is 9.13. The van der Waals surface area contributed by atoms with E-state index in [1.54, 1.807) is 0 Å². The SMILES string of the molecule is COC(=O)CCCCCCNC(=O)CC1CC2CCC(C1)N2. The summed E-state index contributed by atoms with van der Waals surface area (Å²) in [6.45, 7) is 0.759. The number of rotatable bonds is 9. The van der Waals surface area contributed by atoms with E-state index in [-0.39, 0.29) is 11.9 Å². The standard InChI is InChI=1S/C17H30N2O3/c1-22-17(21)6-4-2-3-5-9-18-16(20)12-13-10-14-7-8-15(11-13)19-14/h13-15,19H,2-12H2,1H3,(H,18,20). The number of hydrogen-bond donors (Lipinski definition) is 2. The van der Waals surface area contributed by atoms with Gasteiger partial charge in [0.1, 0.15) is 0 Å². The Morgan fingerprint density at radius 2 is 1.77 bits per heavy atom. The third kappa shape index (κ3) is 5.95. The molecule has 2 aliphatic rings. The van der Waals surface area contributed by atoms with E-state index >= 15 is 0 Å². The van der Waals surface area contributed by atoms with Crippen LogP contribution in [0.25, 0.3) is 0 Å². The lowest BCUT2D eigenvalue weighted by Crippen LogP contribution is -2.39. The van der Waals surface area contributed by atoms with Crippen molar-refractivity contribution in [1.82, 2.24) is 10.6 Å². The van der Waals surface area contributed by atoms with Gasteiger partial charge in [0.2, 0.25) is 5.91 Å². The summed E-state index contributed by atoms with van der Waals surface area (Å²) in [7, 11) is 1.42. The van der Waals surface area contributed by atoms with E-state index in [9.17, 15) is 9.59 Å². The molecule has 2 rings (SSSR count). The molecule has 5 heteroatoms. The van der Waals surface area contributed by atoms with Crippen LogP contribution in [0.15, 0.2) is 0 Å². The van der Waals surface area contributed by atoms with Crippen molar-refractivity contribution in [2.24, 2.45) is 5.92 Å². The molecule has 2 N–H and O–H groups in total. The summed E-state index contributed by atoms with van der Waals surface area (Å²) < 4.78 is 4.60. The lowest BCUT2D eigenvalue weighted by atomic mass is 9.89. The zero-order valence-electron chi connectivity index (χ0n) is 13.7. The Balaban J connectivity index is 1.45. The van der Waals surface area contributed by atoms with Crippen molar-refractivity contribution in [3.05, 3.63) is 0 Å². The highest BCUT2D eigenvalue weighted by Crippen LogP contribution is 2.32. The van der Waals surface area contributed by atoms with Gasteiger partial charge < -0.3 is 15.4 Å². The van der Waals surface area contributed by atoms with Gasteiger partial charge in [-0.15, -0.1) is 0 Å². The van der Waals surface area contributed by atoms with Crippen LogP contribution in [0.1, 0.15) is 64.2 Å². The highest BCUT2D eigenvalue weighted by atomic mass is 16.5. The van der Waals surface area contributed by atoms with Gasteiger partial charge in [-0.05, 0) is 44.4 Å². The van der Waals surface area contributed by atoms with Crippen LogP contribution < -0.4 is 10.6 Å². The maximum atomic E-state index is 12.0. The normalized spacial score (nSPS) is 26.7. The highest BCUT2D eigenvalue weighted by molar-refractivity contribution is 5.76. The molecule has 2 bridgehead atoms. The van der Waals surface area contributed by atoms with Crippen LogP contribution in [-0.4, -0.2) is 37.6 Å². The van der Waals surface area contributed by atoms with Crippen molar-refractivity contribution in [2.45, 2.75) is 76.3 Å². The molecule has 1 amide bonds. The van der Waals surface area contributed by atoms with E-state index in [4.69, 9.17) is 0 Å². The maximum Gasteiger partial charge on any atom is 0.305 e. The minimum Gasteiger partial charge on any atom is -0.469 e. The Morgan fingerprint density at radius 3 is 2.45 bits per heavy atom. The van der Waals surface area contributed by atoms with Crippen LogP contribution in [0.2, 0.25) is 0 Å². The molecule has 0 aromatic carbocycles. The van der Waals surface area contributed by atoms with E-state index in [0.29, 0.717) is 30.8 Å². The van der Waals surface area contributed by atoms with Gasteiger partial charge in [0.15, 0.2) is 0 Å². The molecule has 2 unspecified atom stereocenters. The summed E-state index contributed by atoms with van der Waals surface area (Å²) in [6.07, 6.45) is 10.0. The predicted octanol–water partition coefficient (Wildman–Crippen LogP) is 2.15. The van der Waals surface area contributed by atoms with Crippen molar-refractivity contribution in [3.8, 4) is 0 Å². The van der Waals surface area contributed by atoms with Crippen LogP contribution in [0.3, 0.4) is 0 Å². The number of fused-ring (bicyclic) bond motifs is 2. The second-order valence-corrected chi connectivity index (χ2v) is 6.77. The number of amides is 1. The number of carbonyl (C=O) groups is 2. The molecule has 2 saturated heterocycles. The predicted molar refractivity (Wildman–Crippen MR) is 85.4 cm³/mol. The summed E-state index contributed by atoms with van der Waals surface area (Å²) >= 11 is 0. The monoisotopic (exact) mass is 310 g/mol. The zero-order valence-corrected chi connectivity index (χ0v) is 13.7. The molecule has 0 aliphatic carbocycles. The van der Waals surface area contributed by atoms with E-state index < -0.39 is 0 Å². The van der Waals surface area contributed by atoms with Crippen LogP contribution >= 0.6 is 0 Å². The molecule has 126 valence electrons. The van der Waals surface area contributed by atoms with E-state index in [1.165, 1.54) is 20.0 Å². The van der Waals surface area contributed by atoms with Gasteiger partial charge in [-0.25, -0.2) is 0 Å². The minimum atomic E-state index is -0.135.